The Hall–Kier alpha value is -2.60. The number of hydrogen-bond donors (Lipinski definition) is 2. The summed E-state index contributed by atoms with van der Waals surface area (Å²) in [5.41, 5.74) is 6.07. The summed E-state index contributed by atoms with van der Waals surface area (Å²) in [5.74, 6) is 0.163. The smallest absolute Gasteiger partial charge is 0.262 e. The van der Waals surface area contributed by atoms with Crippen LogP contribution in [-0.2, 0) is 10.0 Å². The highest BCUT2D eigenvalue weighted by Crippen LogP contribution is 2.25. The third kappa shape index (κ3) is 2.66. The summed E-state index contributed by atoms with van der Waals surface area (Å²) in [7, 11) is -3.70. The van der Waals surface area contributed by atoms with Gasteiger partial charge in [0.15, 0.2) is 0 Å². The predicted molar refractivity (Wildman–Crippen MR) is 83.4 cm³/mol. The minimum Gasteiger partial charge on any atom is -0.384 e. The Labute approximate surface area is 122 Å². The largest absolute Gasteiger partial charge is 0.384 e. The molecule has 21 heavy (non-hydrogen) atoms. The van der Waals surface area contributed by atoms with Crippen LogP contribution in [0, 0.1) is 0 Å². The van der Waals surface area contributed by atoms with Crippen molar-refractivity contribution in [3.63, 3.8) is 0 Å². The number of nitrogens with one attached hydrogen (secondary N) is 1. The van der Waals surface area contributed by atoms with Crippen molar-refractivity contribution >= 4 is 32.3 Å². The van der Waals surface area contributed by atoms with Crippen LogP contribution < -0.4 is 10.5 Å². The monoisotopic (exact) mass is 299 g/mol. The standard InChI is InChI=1S/C15H13N3O2S/c16-15-10-12(8-9-17-15)21(19,20)18-14-7-3-5-11-4-1-2-6-13(11)14/h1-10,18H,(H2,16,17). The van der Waals surface area contributed by atoms with Gasteiger partial charge in [-0.2, -0.15) is 0 Å². The van der Waals surface area contributed by atoms with Crippen molar-refractivity contribution in [3.05, 3.63) is 60.8 Å². The van der Waals surface area contributed by atoms with Gasteiger partial charge in [-0.15, -0.1) is 0 Å². The zero-order valence-corrected chi connectivity index (χ0v) is 11.8. The van der Waals surface area contributed by atoms with E-state index in [2.05, 4.69) is 9.71 Å². The topological polar surface area (TPSA) is 85.1 Å². The fourth-order valence-electron chi connectivity index (χ4n) is 2.11. The molecular formula is C15H13N3O2S. The maximum atomic E-state index is 12.4. The molecule has 0 aliphatic rings. The van der Waals surface area contributed by atoms with Crippen LogP contribution in [0.1, 0.15) is 0 Å². The van der Waals surface area contributed by atoms with Gasteiger partial charge in [0.2, 0.25) is 0 Å². The molecule has 6 heteroatoms. The van der Waals surface area contributed by atoms with E-state index < -0.39 is 10.0 Å². The van der Waals surface area contributed by atoms with Crippen molar-refractivity contribution < 1.29 is 8.42 Å². The molecule has 0 aliphatic carbocycles. The summed E-state index contributed by atoms with van der Waals surface area (Å²) < 4.78 is 27.4. The molecule has 1 heterocycles. The van der Waals surface area contributed by atoms with Gasteiger partial charge >= 0.3 is 0 Å². The third-order valence-electron chi connectivity index (χ3n) is 3.10. The molecule has 3 rings (SSSR count). The van der Waals surface area contributed by atoms with Gasteiger partial charge in [-0.05, 0) is 17.5 Å². The number of nitrogen functional groups attached to an aromatic ring is 1. The van der Waals surface area contributed by atoms with Gasteiger partial charge in [0.25, 0.3) is 10.0 Å². The molecule has 0 amide bonds. The molecule has 0 spiro atoms. The summed E-state index contributed by atoms with van der Waals surface area (Å²) >= 11 is 0. The number of benzene rings is 2. The average Bonchev–Trinajstić information content (AvgIpc) is 2.47. The predicted octanol–water partition coefficient (Wildman–Crippen LogP) is 2.62. The van der Waals surface area contributed by atoms with E-state index in [-0.39, 0.29) is 10.7 Å². The Kier molecular flexibility index (Phi) is 3.23. The Balaban J connectivity index is 2.06. The second kappa shape index (κ2) is 5.06. The molecular weight excluding hydrogens is 286 g/mol. The molecule has 0 aliphatic heterocycles. The fourth-order valence-corrected chi connectivity index (χ4v) is 3.21. The maximum Gasteiger partial charge on any atom is 0.262 e. The van der Waals surface area contributed by atoms with E-state index in [9.17, 15) is 8.42 Å². The normalized spacial score (nSPS) is 11.4. The van der Waals surface area contributed by atoms with Crippen molar-refractivity contribution in [1.29, 1.82) is 0 Å². The van der Waals surface area contributed by atoms with Crippen LogP contribution in [0.4, 0.5) is 11.5 Å². The van der Waals surface area contributed by atoms with E-state index in [0.717, 1.165) is 10.8 Å². The van der Waals surface area contributed by atoms with E-state index in [1.165, 1.54) is 18.3 Å². The molecule has 1 aromatic heterocycles. The first-order valence-corrected chi connectivity index (χ1v) is 7.77. The Morgan fingerprint density at radius 3 is 2.57 bits per heavy atom. The number of pyridine rings is 1. The van der Waals surface area contributed by atoms with E-state index in [0.29, 0.717) is 5.69 Å². The molecule has 0 fully saturated rings. The third-order valence-corrected chi connectivity index (χ3v) is 4.46. The van der Waals surface area contributed by atoms with Crippen LogP contribution in [-0.4, -0.2) is 13.4 Å². The molecule has 5 nitrogen and oxygen atoms in total. The van der Waals surface area contributed by atoms with Crippen LogP contribution >= 0.6 is 0 Å². The molecule has 3 aromatic rings. The summed E-state index contributed by atoms with van der Waals surface area (Å²) in [6.45, 7) is 0. The molecule has 0 saturated carbocycles. The Morgan fingerprint density at radius 2 is 1.76 bits per heavy atom. The van der Waals surface area contributed by atoms with E-state index >= 15 is 0 Å². The van der Waals surface area contributed by atoms with E-state index in [1.807, 2.05) is 30.3 Å². The summed E-state index contributed by atoms with van der Waals surface area (Å²) in [5, 5.41) is 1.80. The lowest BCUT2D eigenvalue weighted by Crippen LogP contribution is -2.13. The van der Waals surface area contributed by atoms with Crippen molar-refractivity contribution in [1.82, 2.24) is 4.98 Å². The quantitative estimate of drug-likeness (QED) is 0.778. The lowest BCUT2D eigenvalue weighted by Gasteiger charge is -2.10. The molecule has 0 bridgehead atoms. The van der Waals surface area contributed by atoms with E-state index in [1.54, 1.807) is 12.1 Å². The first-order chi connectivity index (χ1) is 10.1. The van der Waals surface area contributed by atoms with Crippen molar-refractivity contribution in [3.8, 4) is 0 Å². The number of fused-ring (bicyclic) bond motifs is 1. The average molecular weight is 299 g/mol. The molecule has 0 saturated heterocycles. The van der Waals surface area contributed by atoms with Gasteiger partial charge in [-0.3, -0.25) is 4.72 Å². The second-order valence-electron chi connectivity index (χ2n) is 4.55. The van der Waals surface area contributed by atoms with E-state index in [4.69, 9.17) is 5.73 Å². The minimum absolute atomic E-state index is 0.0861. The zero-order chi connectivity index (χ0) is 14.9. The SMILES string of the molecule is Nc1cc(S(=O)(=O)Nc2cccc3ccccc23)ccn1. The number of hydrogen-bond acceptors (Lipinski definition) is 4. The van der Waals surface area contributed by atoms with Crippen LogP contribution in [0.2, 0.25) is 0 Å². The number of sulfonamides is 1. The van der Waals surface area contributed by atoms with Crippen molar-refractivity contribution in [2.24, 2.45) is 0 Å². The molecule has 2 aromatic carbocycles. The molecule has 0 unspecified atom stereocenters. The fraction of sp³-hybridized carbons (Fsp3) is 0. The Bertz CT molecular complexity index is 902. The highest BCUT2D eigenvalue weighted by Gasteiger charge is 2.15. The summed E-state index contributed by atoms with van der Waals surface area (Å²) in [4.78, 5) is 3.88. The van der Waals surface area contributed by atoms with Crippen molar-refractivity contribution in [2.75, 3.05) is 10.5 Å². The molecule has 0 radical (unpaired) electrons. The number of aromatic nitrogens is 1. The number of nitrogens with two attached hydrogens (primary N) is 1. The van der Waals surface area contributed by atoms with Crippen molar-refractivity contribution in [2.45, 2.75) is 4.90 Å². The van der Waals surface area contributed by atoms with Gasteiger partial charge in [0.05, 0.1) is 10.6 Å². The Morgan fingerprint density at radius 1 is 1.00 bits per heavy atom. The van der Waals surface area contributed by atoms with Crippen LogP contribution in [0.5, 0.6) is 0 Å². The molecule has 106 valence electrons. The maximum absolute atomic E-state index is 12.4. The minimum atomic E-state index is -3.70. The van der Waals surface area contributed by atoms with Crippen LogP contribution in [0.25, 0.3) is 10.8 Å². The number of rotatable bonds is 3. The molecule has 3 N–H and O–H groups in total. The first-order valence-electron chi connectivity index (χ1n) is 6.28. The first kappa shape index (κ1) is 13.4. The lowest BCUT2D eigenvalue weighted by atomic mass is 10.1. The number of anilines is 2. The van der Waals surface area contributed by atoms with Gasteiger partial charge in [-0.25, -0.2) is 13.4 Å². The van der Waals surface area contributed by atoms with Crippen LogP contribution in [0.15, 0.2) is 65.7 Å². The zero-order valence-electron chi connectivity index (χ0n) is 11.0. The van der Waals surface area contributed by atoms with Gasteiger partial charge in [-0.1, -0.05) is 36.4 Å². The van der Waals surface area contributed by atoms with Gasteiger partial charge < -0.3 is 5.73 Å². The summed E-state index contributed by atoms with van der Waals surface area (Å²) in [6.07, 6.45) is 1.37. The van der Waals surface area contributed by atoms with Gasteiger partial charge in [0.1, 0.15) is 5.82 Å². The van der Waals surface area contributed by atoms with Crippen LogP contribution in [0.3, 0.4) is 0 Å². The highest BCUT2D eigenvalue weighted by atomic mass is 32.2. The van der Waals surface area contributed by atoms with Gasteiger partial charge in [0, 0.05) is 17.6 Å². The second-order valence-corrected chi connectivity index (χ2v) is 6.23. The highest BCUT2D eigenvalue weighted by molar-refractivity contribution is 7.92. The lowest BCUT2D eigenvalue weighted by molar-refractivity contribution is 0.601. The number of nitrogens with zero attached hydrogens (tertiary/aromatic N) is 1. The summed E-state index contributed by atoms with van der Waals surface area (Å²) in [6, 6.07) is 15.8. The molecule has 0 atom stereocenters.